The summed E-state index contributed by atoms with van der Waals surface area (Å²) in [6, 6.07) is 9.85. The van der Waals surface area contributed by atoms with E-state index in [0.29, 0.717) is 23.7 Å². The fourth-order valence-electron chi connectivity index (χ4n) is 2.97. The average molecular weight is 453 g/mol. The lowest BCUT2D eigenvalue weighted by Gasteiger charge is -2.26. The first kappa shape index (κ1) is 22.6. The highest BCUT2D eigenvalue weighted by Crippen LogP contribution is 2.41. The molecule has 162 valence electrons. The Bertz CT molecular complexity index is 966. The number of fused-ring (bicyclic) bond motifs is 1. The van der Waals surface area contributed by atoms with Crippen LogP contribution in [0.3, 0.4) is 0 Å². The van der Waals surface area contributed by atoms with E-state index in [9.17, 15) is 18.5 Å². The van der Waals surface area contributed by atoms with Crippen LogP contribution >= 0.6 is 11.8 Å². The fourth-order valence-corrected chi connectivity index (χ4v) is 4.66. The highest BCUT2D eigenvalue weighted by atomic mass is 32.2. The van der Waals surface area contributed by atoms with Crippen LogP contribution in [-0.4, -0.2) is 52.6 Å². The van der Waals surface area contributed by atoms with Crippen molar-refractivity contribution in [2.24, 2.45) is 5.41 Å². The van der Waals surface area contributed by atoms with Gasteiger partial charge >= 0.3 is 5.97 Å². The van der Waals surface area contributed by atoms with Gasteiger partial charge in [0.1, 0.15) is 29.2 Å². The second-order valence-electron chi connectivity index (χ2n) is 7.68. The molecular formula is C21H25FN2O4S2. The monoisotopic (exact) mass is 452 g/mol. The van der Waals surface area contributed by atoms with Crippen molar-refractivity contribution in [2.45, 2.75) is 23.6 Å². The second kappa shape index (κ2) is 8.95. The maximum absolute atomic E-state index is 13.4. The Hall–Kier alpha value is -2.10. The summed E-state index contributed by atoms with van der Waals surface area (Å²) in [7, 11) is 0.364. The van der Waals surface area contributed by atoms with Crippen LogP contribution in [0, 0.1) is 11.2 Å². The highest BCUT2D eigenvalue weighted by Gasteiger charge is 2.30. The second-order valence-corrected chi connectivity index (χ2v) is 10.1. The van der Waals surface area contributed by atoms with Crippen molar-refractivity contribution in [3.63, 3.8) is 0 Å². The van der Waals surface area contributed by atoms with Gasteiger partial charge < -0.3 is 14.7 Å². The largest absolute Gasteiger partial charge is 0.491 e. The summed E-state index contributed by atoms with van der Waals surface area (Å²) in [5.74, 6) is -0.767. The maximum atomic E-state index is 13.4. The van der Waals surface area contributed by atoms with E-state index in [1.165, 1.54) is 23.9 Å². The van der Waals surface area contributed by atoms with Crippen molar-refractivity contribution < 1.29 is 23.2 Å². The van der Waals surface area contributed by atoms with E-state index in [-0.39, 0.29) is 12.4 Å². The predicted molar refractivity (Wildman–Crippen MR) is 118 cm³/mol. The molecule has 1 aliphatic rings. The van der Waals surface area contributed by atoms with Crippen molar-refractivity contribution in [3.8, 4) is 5.75 Å². The number of hydrogen-bond donors (Lipinski definition) is 1. The van der Waals surface area contributed by atoms with Gasteiger partial charge in [0, 0.05) is 31.9 Å². The van der Waals surface area contributed by atoms with Gasteiger partial charge in [-0.2, -0.15) is 0 Å². The quantitative estimate of drug-likeness (QED) is 0.665. The first-order valence-corrected chi connectivity index (χ1v) is 11.7. The summed E-state index contributed by atoms with van der Waals surface area (Å²) in [6.07, 6.45) is 1.90. The SMILES string of the molecule is CSc1cc2c(cc1OCC(C)(C)C(=O)O)S(=O)N(C)CCN2c1ccc(F)cc1. The third-order valence-corrected chi connectivity index (χ3v) is 7.16. The molecule has 6 nitrogen and oxygen atoms in total. The van der Waals surface area contributed by atoms with E-state index in [4.69, 9.17) is 4.74 Å². The van der Waals surface area contributed by atoms with Crippen molar-refractivity contribution in [3.05, 3.63) is 42.2 Å². The Morgan fingerprint density at radius 1 is 1.27 bits per heavy atom. The molecule has 0 spiro atoms. The number of carboxylic acids is 1. The van der Waals surface area contributed by atoms with E-state index in [1.54, 1.807) is 43.4 Å². The lowest BCUT2D eigenvalue weighted by Crippen LogP contribution is -2.30. The van der Waals surface area contributed by atoms with Gasteiger partial charge in [0.05, 0.1) is 20.9 Å². The Kier molecular flexibility index (Phi) is 6.74. The highest BCUT2D eigenvalue weighted by molar-refractivity contribution is 7.98. The van der Waals surface area contributed by atoms with Gasteiger partial charge in [-0.15, -0.1) is 11.8 Å². The molecule has 0 radical (unpaired) electrons. The number of halogens is 1. The number of benzene rings is 2. The predicted octanol–water partition coefficient (Wildman–Crippen LogP) is 4.14. The lowest BCUT2D eigenvalue weighted by molar-refractivity contribution is -0.148. The van der Waals surface area contributed by atoms with Gasteiger partial charge in [0.2, 0.25) is 0 Å². The number of anilines is 2. The molecule has 1 atom stereocenters. The standard InChI is InChI=1S/C21H25FN2O4S2/c1-21(2,20(25)26)13-28-17-12-19-16(11-18(17)29-4)24(10-9-23(3)30(19)27)15-7-5-14(22)6-8-15/h5-8,11-12H,9-10,13H2,1-4H3,(H,25,26). The summed E-state index contributed by atoms with van der Waals surface area (Å²) in [6.45, 7) is 4.31. The van der Waals surface area contributed by atoms with Crippen LogP contribution in [0.4, 0.5) is 15.8 Å². The van der Waals surface area contributed by atoms with Crippen molar-refractivity contribution in [2.75, 3.05) is 37.9 Å². The molecule has 0 fully saturated rings. The smallest absolute Gasteiger partial charge is 0.312 e. The van der Waals surface area contributed by atoms with Gasteiger partial charge in [-0.05, 0) is 50.4 Å². The van der Waals surface area contributed by atoms with Crippen molar-refractivity contribution in [1.29, 1.82) is 0 Å². The fraction of sp³-hybridized carbons (Fsp3) is 0.381. The summed E-state index contributed by atoms with van der Waals surface area (Å²) >= 11 is 1.46. The van der Waals surface area contributed by atoms with Crippen LogP contribution in [0.5, 0.6) is 5.75 Å². The van der Waals surface area contributed by atoms with E-state index in [2.05, 4.69) is 0 Å². The third kappa shape index (κ3) is 4.63. The Morgan fingerprint density at radius 3 is 2.53 bits per heavy atom. The number of ether oxygens (including phenoxy) is 1. The minimum Gasteiger partial charge on any atom is -0.491 e. The molecule has 3 rings (SSSR count). The zero-order chi connectivity index (χ0) is 22.1. The number of rotatable bonds is 6. The minimum absolute atomic E-state index is 0.0150. The molecule has 0 saturated heterocycles. The number of likely N-dealkylation sites (N-methyl/N-ethyl adjacent to an activating group) is 1. The van der Waals surface area contributed by atoms with E-state index < -0.39 is 22.4 Å². The number of carboxylic acid groups (broad SMARTS) is 1. The van der Waals surface area contributed by atoms with Crippen LogP contribution in [0.1, 0.15) is 13.8 Å². The van der Waals surface area contributed by atoms with Crippen LogP contribution in [0.2, 0.25) is 0 Å². The summed E-state index contributed by atoms with van der Waals surface area (Å²) < 4.78 is 34.2. The molecule has 0 aliphatic carbocycles. The van der Waals surface area contributed by atoms with Gasteiger partial charge in [-0.3, -0.25) is 4.79 Å². The van der Waals surface area contributed by atoms with Crippen LogP contribution < -0.4 is 9.64 Å². The van der Waals surface area contributed by atoms with Gasteiger partial charge in [0.25, 0.3) is 0 Å². The Labute approximate surface area is 182 Å². The molecule has 1 aliphatic heterocycles. The minimum atomic E-state index is -1.42. The van der Waals surface area contributed by atoms with Crippen LogP contribution in [0.15, 0.2) is 46.2 Å². The normalized spacial score (nSPS) is 17.4. The molecule has 0 amide bonds. The molecule has 1 heterocycles. The molecule has 0 bridgehead atoms. The molecule has 0 aromatic heterocycles. The van der Waals surface area contributed by atoms with Gasteiger partial charge in [-0.25, -0.2) is 12.9 Å². The lowest BCUT2D eigenvalue weighted by atomic mass is 9.95. The van der Waals surface area contributed by atoms with E-state index in [1.807, 2.05) is 17.2 Å². The van der Waals surface area contributed by atoms with Gasteiger partial charge in [0.15, 0.2) is 0 Å². The van der Waals surface area contributed by atoms with Crippen LogP contribution in [-0.2, 0) is 15.8 Å². The average Bonchev–Trinajstić information content (AvgIpc) is 2.83. The maximum Gasteiger partial charge on any atom is 0.312 e. The number of thioether (sulfide) groups is 1. The molecule has 2 aromatic rings. The molecule has 2 aromatic carbocycles. The number of nitrogens with zero attached hydrogens (tertiary/aromatic N) is 2. The number of carbonyl (C=O) groups is 1. The molecule has 1 unspecified atom stereocenters. The summed E-state index contributed by atoms with van der Waals surface area (Å²) in [5, 5.41) is 9.36. The molecule has 9 heteroatoms. The number of hydrogen-bond acceptors (Lipinski definition) is 5. The molecular weight excluding hydrogens is 427 g/mol. The first-order chi connectivity index (χ1) is 14.1. The summed E-state index contributed by atoms with van der Waals surface area (Å²) in [4.78, 5) is 14.8. The third-order valence-electron chi connectivity index (χ3n) is 4.95. The Morgan fingerprint density at radius 2 is 1.93 bits per heavy atom. The zero-order valence-corrected chi connectivity index (χ0v) is 19.0. The molecule has 30 heavy (non-hydrogen) atoms. The molecule has 1 N–H and O–H groups in total. The van der Waals surface area contributed by atoms with E-state index >= 15 is 0 Å². The van der Waals surface area contributed by atoms with E-state index in [0.717, 1.165) is 16.3 Å². The topological polar surface area (TPSA) is 70.1 Å². The molecule has 0 saturated carbocycles. The summed E-state index contributed by atoms with van der Waals surface area (Å²) in [5.41, 5.74) is 0.509. The van der Waals surface area contributed by atoms with Crippen molar-refractivity contribution in [1.82, 2.24) is 4.31 Å². The Balaban J connectivity index is 2.07. The van der Waals surface area contributed by atoms with Crippen molar-refractivity contribution >= 4 is 40.1 Å². The number of aliphatic carboxylic acids is 1. The zero-order valence-electron chi connectivity index (χ0n) is 17.3. The van der Waals surface area contributed by atoms with Crippen LogP contribution in [0.25, 0.3) is 0 Å². The van der Waals surface area contributed by atoms with Gasteiger partial charge in [-0.1, -0.05) is 0 Å². The first-order valence-electron chi connectivity index (χ1n) is 9.38.